The monoisotopic (exact) mass is 465 g/mol. The number of hydrogen-bond acceptors (Lipinski definition) is 7. The summed E-state index contributed by atoms with van der Waals surface area (Å²) in [4.78, 5) is 8.64. The number of likely N-dealkylation sites (tertiary alicyclic amines) is 1. The van der Waals surface area contributed by atoms with Crippen molar-refractivity contribution in [2.75, 3.05) is 32.4 Å². The number of nitrogens with zero attached hydrogens (tertiary/aromatic N) is 4. The number of alkyl halides is 3. The van der Waals surface area contributed by atoms with Gasteiger partial charge in [0, 0.05) is 25.6 Å². The Morgan fingerprint density at radius 3 is 2.75 bits per heavy atom. The fraction of sp³-hybridized carbons (Fsp3) is 0.545. The van der Waals surface area contributed by atoms with Gasteiger partial charge in [0.1, 0.15) is 0 Å². The summed E-state index contributed by atoms with van der Waals surface area (Å²) in [5, 5.41) is 4.39. The molecule has 1 aliphatic carbocycles. The van der Waals surface area contributed by atoms with Crippen LogP contribution in [0.4, 0.5) is 13.2 Å². The molecular formula is C22H26F3N5OS. The second-order valence-electron chi connectivity index (χ2n) is 8.89. The molecule has 3 heterocycles. The normalized spacial score (nSPS) is 27.4. The lowest BCUT2D eigenvalue weighted by molar-refractivity contribution is -0.137. The van der Waals surface area contributed by atoms with Gasteiger partial charge in [-0.15, -0.1) is 11.8 Å². The number of thioether (sulfide) groups is 1. The number of aryl methyl sites for hydroxylation is 1. The van der Waals surface area contributed by atoms with Crippen LogP contribution in [-0.4, -0.2) is 58.6 Å². The number of oxazole rings is 1. The largest absolute Gasteiger partial charge is 0.440 e. The van der Waals surface area contributed by atoms with Crippen molar-refractivity contribution >= 4 is 17.6 Å². The van der Waals surface area contributed by atoms with Gasteiger partial charge in [-0.25, -0.2) is 4.98 Å². The van der Waals surface area contributed by atoms with Gasteiger partial charge in [-0.1, -0.05) is 12.1 Å². The van der Waals surface area contributed by atoms with Crippen molar-refractivity contribution in [1.82, 2.24) is 20.2 Å². The number of rotatable bonds is 7. The highest BCUT2D eigenvalue weighted by atomic mass is 32.2. The van der Waals surface area contributed by atoms with Crippen molar-refractivity contribution in [2.24, 2.45) is 11.0 Å². The molecule has 1 saturated carbocycles. The first-order valence-electron chi connectivity index (χ1n) is 10.8. The average Bonchev–Trinajstić information content (AvgIpc) is 3.05. The fourth-order valence-electron chi connectivity index (χ4n) is 4.95. The van der Waals surface area contributed by atoms with Crippen molar-refractivity contribution in [1.29, 1.82) is 0 Å². The number of benzene rings is 1. The molecule has 2 aliphatic heterocycles. The number of hydrogen-bond donors (Lipinski definition) is 1. The van der Waals surface area contributed by atoms with E-state index < -0.39 is 11.7 Å². The van der Waals surface area contributed by atoms with Gasteiger partial charge in [0.25, 0.3) is 0 Å². The Labute approximate surface area is 189 Å². The van der Waals surface area contributed by atoms with Crippen LogP contribution in [0.15, 0.2) is 40.2 Å². The lowest BCUT2D eigenvalue weighted by Gasteiger charge is -2.23. The van der Waals surface area contributed by atoms with E-state index in [2.05, 4.69) is 25.3 Å². The van der Waals surface area contributed by atoms with E-state index in [4.69, 9.17) is 4.42 Å². The molecule has 5 rings (SSSR count). The molecule has 1 aromatic heterocycles. The molecule has 0 bridgehead atoms. The molecule has 32 heavy (non-hydrogen) atoms. The number of fused-ring (bicyclic) bond motifs is 1. The minimum Gasteiger partial charge on any atom is -0.440 e. The maximum absolute atomic E-state index is 12.9. The Balaban J connectivity index is 1.08. The summed E-state index contributed by atoms with van der Waals surface area (Å²) in [7, 11) is 1.99. The Hall–Kier alpha value is -2.20. The van der Waals surface area contributed by atoms with Crippen molar-refractivity contribution in [2.45, 2.75) is 36.9 Å². The average molecular weight is 466 g/mol. The highest BCUT2D eigenvalue weighted by molar-refractivity contribution is 7.99. The fourth-order valence-corrected chi connectivity index (χ4v) is 5.92. The van der Waals surface area contributed by atoms with Crippen LogP contribution in [0.3, 0.4) is 0 Å². The number of halogens is 3. The molecule has 0 spiro atoms. The molecule has 2 fully saturated rings. The van der Waals surface area contributed by atoms with Gasteiger partial charge in [-0.3, -0.25) is 5.43 Å². The number of amidine groups is 1. The lowest BCUT2D eigenvalue weighted by atomic mass is 9.94. The highest BCUT2D eigenvalue weighted by Gasteiger charge is 2.60. The summed E-state index contributed by atoms with van der Waals surface area (Å²) in [6, 6.07) is 5.80. The molecule has 1 saturated heterocycles. The van der Waals surface area contributed by atoms with E-state index in [1.165, 1.54) is 18.5 Å². The Morgan fingerprint density at radius 2 is 2.06 bits per heavy atom. The van der Waals surface area contributed by atoms with E-state index in [-0.39, 0.29) is 10.9 Å². The van der Waals surface area contributed by atoms with Gasteiger partial charge in [0.05, 0.1) is 11.3 Å². The predicted octanol–water partition coefficient (Wildman–Crippen LogP) is 3.88. The molecule has 1 aromatic carbocycles. The molecule has 1 N–H and O–H groups in total. The van der Waals surface area contributed by atoms with E-state index in [0.29, 0.717) is 11.7 Å². The van der Waals surface area contributed by atoms with Crippen LogP contribution in [0.2, 0.25) is 0 Å². The van der Waals surface area contributed by atoms with Crippen LogP contribution in [-0.2, 0) is 11.6 Å². The minimum absolute atomic E-state index is 0.0555. The maximum Gasteiger partial charge on any atom is 0.416 e. The van der Waals surface area contributed by atoms with Crippen LogP contribution < -0.4 is 5.43 Å². The van der Waals surface area contributed by atoms with Crippen LogP contribution >= 0.6 is 11.8 Å². The van der Waals surface area contributed by atoms with Gasteiger partial charge in [0.15, 0.2) is 23.5 Å². The minimum atomic E-state index is -4.28. The summed E-state index contributed by atoms with van der Waals surface area (Å²) in [6.45, 7) is 4.86. The number of nitrogens with one attached hydrogen (secondary N) is 1. The van der Waals surface area contributed by atoms with E-state index in [1.807, 2.05) is 14.0 Å². The molecule has 6 nitrogen and oxygen atoms in total. The van der Waals surface area contributed by atoms with Crippen molar-refractivity contribution in [3.8, 4) is 0 Å². The van der Waals surface area contributed by atoms with Crippen LogP contribution in [0.25, 0.3) is 0 Å². The molecule has 2 unspecified atom stereocenters. The summed E-state index contributed by atoms with van der Waals surface area (Å²) in [5.74, 6) is 2.99. The van der Waals surface area contributed by atoms with Crippen LogP contribution in [0.1, 0.15) is 35.4 Å². The molecule has 2 aromatic rings. The molecule has 0 radical (unpaired) electrons. The number of aromatic nitrogens is 1. The standard InChI is InChI=1S/C22H26F3N5OS/c1-14-18(31-13-26-14)19-27-28-20(29(19)2)32-9-3-8-30-11-17-10-21(17,12-30)15-4-6-16(7-5-15)22(23,24)25/h4-7,13,17,20,28H,3,8-12H2,1-2H3/t17?,20?,21-/m1/s1. The first-order valence-corrected chi connectivity index (χ1v) is 11.8. The highest BCUT2D eigenvalue weighted by Crippen LogP contribution is 2.59. The summed E-state index contributed by atoms with van der Waals surface area (Å²) in [5.41, 5.74) is 4.56. The quantitative estimate of drug-likeness (QED) is 0.627. The maximum atomic E-state index is 12.9. The molecule has 172 valence electrons. The third-order valence-electron chi connectivity index (χ3n) is 6.81. The van der Waals surface area contributed by atoms with E-state index in [9.17, 15) is 13.2 Å². The summed E-state index contributed by atoms with van der Waals surface area (Å²) >= 11 is 1.80. The summed E-state index contributed by atoms with van der Waals surface area (Å²) < 4.78 is 44.0. The zero-order chi connectivity index (χ0) is 22.5. The van der Waals surface area contributed by atoms with E-state index in [1.54, 1.807) is 23.9 Å². The van der Waals surface area contributed by atoms with Gasteiger partial charge in [0.2, 0.25) is 0 Å². The molecular weight excluding hydrogens is 439 g/mol. The predicted molar refractivity (Wildman–Crippen MR) is 117 cm³/mol. The Kier molecular flexibility index (Phi) is 5.40. The SMILES string of the molecule is Cc1ncoc1C1=NNC(SCCCN2CC3C[C@]3(c3ccc(C(F)(F)F)cc3)C2)N1C. The zero-order valence-electron chi connectivity index (χ0n) is 18.0. The molecule has 3 aliphatic rings. The van der Waals surface area contributed by atoms with Gasteiger partial charge < -0.3 is 14.2 Å². The van der Waals surface area contributed by atoms with Crippen molar-refractivity contribution < 1.29 is 17.6 Å². The number of piperidine rings is 1. The zero-order valence-corrected chi connectivity index (χ0v) is 18.8. The second kappa shape index (κ2) is 7.98. The second-order valence-corrected chi connectivity index (χ2v) is 10.1. The molecule has 0 amide bonds. The van der Waals surface area contributed by atoms with E-state index >= 15 is 0 Å². The van der Waals surface area contributed by atoms with Gasteiger partial charge >= 0.3 is 6.18 Å². The topological polar surface area (TPSA) is 56.9 Å². The van der Waals surface area contributed by atoms with Gasteiger partial charge in [-0.05, 0) is 55.7 Å². The van der Waals surface area contributed by atoms with Crippen LogP contribution in [0.5, 0.6) is 0 Å². The summed E-state index contributed by atoms with van der Waals surface area (Å²) in [6.07, 6.45) is -0.718. The molecule has 3 atom stereocenters. The third kappa shape index (κ3) is 3.87. The third-order valence-corrected chi connectivity index (χ3v) is 8.07. The number of hydrazone groups is 1. The van der Waals surface area contributed by atoms with Crippen molar-refractivity contribution in [3.05, 3.63) is 53.2 Å². The molecule has 10 heteroatoms. The van der Waals surface area contributed by atoms with Crippen LogP contribution in [0, 0.1) is 12.8 Å². The Morgan fingerprint density at radius 1 is 1.28 bits per heavy atom. The smallest absolute Gasteiger partial charge is 0.416 e. The van der Waals surface area contributed by atoms with Crippen molar-refractivity contribution in [3.63, 3.8) is 0 Å². The van der Waals surface area contributed by atoms with Gasteiger partial charge in [-0.2, -0.15) is 18.3 Å². The van der Waals surface area contributed by atoms with E-state index in [0.717, 1.165) is 55.3 Å². The Bertz CT molecular complexity index is 1010. The lowest BCUT2D eigenvalue weighted by Crippen LogP contribution is -2.35. The first kappa shape index (κ1) is 21.6. The first-order chi connectivity index (χ1) is 15.3.